The summed E-state index contributed by atoms with van der Waals surface area (Å²) in [5.74, 6) is -1.88. The van der Waals surface area contributed by atoms with Crippen LogP contribution in [0.2, 0.25) is 0 Å². The highest BCUT2D eigenvalue weighted by Crippen LogP contribution is 2.23. The lowest BCUT2D eigenvalue weighted by Crippen LogP contribution is -2.60. The lowest BCUT2D eigenvalue weighted by Gasteiger charge is -2.40. The lowest BCUT2D eigenvalue weighted by atomic mass is 9.99. The Kier molecular flexibility index (Phi) is 5.80. The number of hydrogen-bond acceptors (Lipinski definition) is 8. The van der Waals surface area contributed by atoms with Crippen LogP contribution in [-0.2, 0) is 19.1 Å². The SMILES string of the molecule is NC(=O)CC(O[C@@H]1OC(CO)[C@H](O)C(O)C1O)C(N)=O. The average Bonchev–Trinajstić information content (AvgIpc) is 2.37. The second-order valence-electron chi connectivity index (χ2n) is 4.39. The van der Waals surface area contributed by atoms with Crippen molar-refractivity contribution in [1.29, 1.82) is 0 Å². The maximum absolute atomic E-state index is 11.1. The summed E-state index contributed by atoms with van der Waals surface area (Å²) in [6, 6.07) is 0. The minimum absolute atomic E-state index is 0.537. The van der Waals surface area contributed by atoms with E-state index in [0.29, 0.717) is 0 Å². The molecule has 1 aliphatic heterocycles. The number of nitrogens with two attached hydrogens (primary N) is 2. The largest absolute Gasteiger partial charge is 0.394 e. The van der Waals surface area contributed by atoms with Crippen molar-refractivity contribution in [1.82, 2.24) is 0 Å². The van der Waals surface area contributed by atoms with Crippen LogP contribution in [0.1, 0.15) is 6.42 Å². The van der Waals surface area contributed by atoms with Crippen molar-refractivity contribution < 1.29 is 39.5 Å². The molecule has 6 atom stereocenters. The normalized spacial score (nSPS) is 35.5. The monoisotopic (exact) mass is 294 g/mol. The van der Waals surface area contributed by atoms with Gasteiger partial charge in [-0.3, -0.25) is 9.59 Å². The molecule has 1 saturated heterocycles. The Morgan fingerprint density at radius 1 is 1.15 bits per heavy atom. The van der Waals surface area contributed by atoms with Crippen LogP contribution in [0.4, 0.5) is 0 Å². The third-order valence-electron chi connectivity index (χ3n) is 2.85. The molecule has 10 nitrogen and oxygen atoms in total. The summed E-state index contributed by atoms with van der Waals surface area (Å²) in [5, 5.41) is 37.7. The Balaban J connectivity index is 2.77. The number of ether oxygens (including phenoxy) is 2. The maximum Gasteiger partial charge on any atom is 0.247 e. The summed E-state index contributed by atoms with van der Waals surface area (Å²) in [4.78, 5) is 21.9. The lowest BCUT2D eigenvalue weighted by molar-refractivity contribution is -0.308. The highest BCUT2D eigenvalue weighted by molar-refractivity contribution is 5.85. The molecule has 20 heavy (non-hydrogen) atoms. The molecule has 0 saturated carbocycles. The number of primary amides is 2. The van der Waals surface area contributed by atoms with Gasteiger partial charge in [-0.2, -0.15) is 0 Å². The molecule has 0 bridgehead atoms. The second kappa shape index (κ2) is 6.92. The Morgan fingerprint density at radius 3 is 2.20 bits per heavy atom. The molecular weight excluding hydrogens is 276 g/mol. The molecule has 0 aromatic heterocycles. The standard InChI is InChI=1S/C10H18N2O8/c11-5(14)1-3(9(12)18)19-10-8(17)7(16)6(15)4(2-13)20-10/h3-4,6-8,10,13,15-17H,1-2H2,(H2,11,14)(H2,12,18)/t3?,4?,6-,7?,8?,10+/m0/s1. The predicted octanol–water partition coefficient (Wildman–Crippen LogP) is -4.47. The Morgan fingerprint density at radius 2 is 1.75 bits per heavy atom. The number of hydrogen-bond donors (Lipinski definition) is 6. The van der Waals surface area contributed by atoms with Gasteiger partial charge in [-0.05, 0) is 0 Å². The van der Waals surface area contributed by atoms with Crippen molar-refractivity contribution in [2.75, 3.05) is 6.61 Å². The zero-order valence-electron chi connectivity index (χ0n) is 10.5. The van der Waals surface area contributed by atoms with Crippen LogP contribution in [0, 0.1) is 0 Å². The second-order valence-corrected chi connectivity index (χ2v) is 4.39. The first kappa shape index (κ1) is 16.8. The molecule has 10 heteroatoms. The summed E-state index contributed by atoms with van der Waals surface area (Å²) in [6.07, 6.45) is -9.66. The number of carbonyl (C=O) groups is 2. The smallest absolute Gasteiger partial charge is 0.247 e. The van der Waals surface area contributed by atoms with Crippen LogP contribution in [0.15, 0.2) is 0 Å². The van der Waals surface area contributed by atoms with E-state index >= 15 is 0 Å². The summed E-state index contributed by atoms with van der Waals surface area (Å²) in [7, 11) is 0. The van der Waals surface area contributed by atoms with Gasteiger partial charge in [0.25, 0.3) is 0 Å². The van der Waals surface area contributed by atoms with Crippen molar-refractivity contribution in [2.24, 2.45) is 11.5 Å². The topological polar surface area (TPSA) is 186 Å². The zero-order chi connectivity index (χ0) is 15.4. The molecule has 4 unspecified atom stereocenters. The molecule has 0 aromatic rings. The molecule has 116 valence electrons. The number of aliphatic hydroxyl groups is 4. The van der Waals surface area contributed by atoms with Crippen LogP contribution >= 0.6 is 0 Å². The van der Waals surface area contributed by atoms with Gasteiger partial charge >= 0.3 is 0 Å². The summed E-state index contributed by atoms with van der Waals surface area (Å²) < 4.78 is 10.00. The first-order valence-corrected chi connectivity index (χ1v) is 5.81. The van der Waals surface area contributed by atoms with Crippen LogP contribution < -0.4 is 11.5 Å². The summed E-state index contributed by atoms with van der Waals surface area (Å²) in [6.45, 7) is -0.651. The molecule has 0 aliphatic carbocycles. The molecule has 1 rings (SSSR count). The minimum Gasteiger partial charge on any atom is -0.394 e. The van der Waals surface area contributed by atoms with Gasteiger partial charge < -0.3 is 41.4 Å². The van der Waals surface area contributed by atoms with Gasteiger partial charge in [0.15, 0.2) is 6.29 Å². The van der Waals surface area contributed by atoms with Crippen molar-refractivity contribution in [3.63, 3.8) is 0 Å². The summed E-state index contributed by atoms with van der Waals surface area (Å²) in [5.41, 5.74) is 9.92. The van der Waals surface area contributed by atoms with E-state index in [-0.39, 0.29) is 0 Å². The van der Waals surface area contributed by atoms with Crippen LogP contribution in [0.5, 0.6) is 0 Å². The van der Waals surface area contributed by atoms with Crippen LogP contribution in [-0.4, -0.2) is 75.7 Å². The van der Waals surface area contributed by atoms with E-state index in [4.69, 9.17) is 26.0 Å². The van der Waals surface area contributed by atoms with Gasteiger partial charge in [-0.25, -0.2) is 0 Å². The molecule has 1 heterocycles. The van der Waals surface area contributed by atoms with Crippen molar-refractivity contribution >= 4 is 11.8 Å². The number of amides is 2. The molecule has 1 fully saturated rings. The molecule has 8 N–H and O–H groups in total. The van der Waals surface area contributed by atoms with Gasteiger partial charge in [-0.15, -0.1) is 0 Å². The van der Waals surface area contributed by atoms with E-state index in [0.717, 1.165) is 0 Å². The fraction of sp³-hybridized carbons (Fsp3) is 0.800. The molecule has 0 radical (unpaired) electrons. The van der Waals surface area contributed by atoms with Crippen molar-refractivity contribution in [3.8, 4) is 0 Å². The Labute approximate surface area is 113 Å². The van der Waals surface area contributed by atoms with E-state index in [1.807, 2.05) is 0 Å². The fourth-order valence-electron chi connectivity index (χ4n) is 1.74. The van der Waals surface area contributed by atoms with Gasteiger partial charge in [0.05, 0.1) is 13.0 Å². The van der Waals surface area contributed by atoms with Gasteiger partial charge in [0.1, 0.15) is 30.5 Å². The third kappa shape index (κ3) is 3.85. The van der Waals surface area contributed by atoms with Gasteiger partial charge in [0.2, 0.25) is 11.8 Å². The van der Waals surface area contributed by atoms with Gasteiger partial charge in [-0.1, -0.05) is 0 Å². The average molecular weight is 294 g/mol. The van der Waals surface area contributed by atoms with E-state index in [9.17, 15) is 24.9 Å². The van der Waals surface area contributed by atoms with Crippen molar-refractivity contribution in [3.05, 3.63) is 0 Å². The first-order valence-electron chi connectivity index (χ1n) is 5.81. The van der Waals surface area contributed by atoms with Crippen molar-refractivity contribution in [2.45, 2.75) is 43.2 Å². The highest BCUT2D eigenvalue weighted by Gasteiger charge is 2.45. The van der Waals surface area contributed by atoms with E-state index in [1.165, 1.54) is 0 Å². The number of rotatable bonds is 6. The Bertz CT molecular complexity index is 363. The predicted molar refractivity (Wildman–Crippen MR) is 61.6 cm³/mol. The van der Waals surface area contributed by atoms with E-state index < -0.39 is 61.7 Å². The van der Waals surface area contributed by atoms with E-state index in [2.05, 4.69) is 0 Å². The van der Waals surface area contributed by atoms with Crippen LogP contribution in [0.25, 0.3) is 0 Å². The quantitative estimate of drug-likeness (QED) is 0.283. The minimum atomic E-state index is -1.69. The molecule has 2 amide bonds. The molecule has 0 aromatic carbocycles. The van der Waals surface area contributed by atoms with Crippen LogP contribution in [0.3, 0.4) is 0 Å². The fourth-order valence-corrected chi connectivity index (χ4v) is 1.74. The molecular formula is C10H18N2O8. The Hall–Kier alpha value is -1.30. The number of aliphatic hydroxyl groups excluding tert-OH is 4. The molecule has 1 aliphatic rings. The maximum atomic E-state index is 11.1. The summed E-state index contributed by atoms with van der Waals surface area (Å²) >= 11 is 0. The first-order chi connectivity index (χ1) is 9.27. The van der Waals surface area contributed by atoms with Gasteiger partial charge in [0, 0.05) is 0 Å². The zero-order valence-corrected chi connectivity index (χ0v) is 10.5. The van der Waals surface area contributed by atoms with E-state index in [1.54, 1.807) is 0 Å². The molecule has 0 spiro atoms. The number of carbonyl (C=O) groups excluding carboxylic acids is 2. The third-order valence-corrected chi connectivity index (χ3v) is 2.85. The highest BCUT2D eigenvalue weighted by atomic mass is 16.7.